The summed E-state index contributed by atoms with van der Waals surface area (Å²) in [5, 5.41) is 22.0. The lowest BCUT2D eigenvalue weighted by Gasteiger charge is -2.40. The number of fused-ring (bicyclic) bond motifs is 3. The van der Waals surface area contributed by atoms with Crippen molar-refractivity contribution in [2.24, 2.45) is 0 Å². The van der Waals surface area contributed by atoms with E-state index in [2.05, 4.69) is 20.9 Å². The predicted octanol–water partition coefficient (Wildman–Crippen LogP) is 3.83. The zero-order valence-electron chi connectivity index (χ0n) is 19.2. The van der Waals surface area contributed by atoms with Gasteiger partial charge in [-0.05, 0) is 23.3 Å². The number of alkyl halides is 3. The van der Waals surface area contributed by atoms with Crippen LogP contribution < -0.4 is 9.47 Å². The van der Waals surface area contributed by atoms with Gasteiger partial charge in [0.25, 0.3) is 0 Å². The maximum atomic E-state index is 13.5. The Balaban J connectivity index is 1.89. The van der Waals surface area contributed by atoms with E-state index in [0.29, 0.717) is 4.47 Å². The number of hydrogen-bond acceptors (Lipinski definition) is 7. The first-order valence-electron chi connectivity index (χ1n) is 11.1. The topological polar surface area (TPSA) is 106 Å². The van der Waals surface area contributed by atoms with Crippen molar-refractivity contribution < 1.29 is 41.3 Å². The van der Waals surface area contributed by atoms with Crippen LogP contribution >= 0.6 is 15.9 Å². The van der Waals surface area contributed by atoms with Gasteiger partial charge in [0.05, 0.1) is 31.0 Å². The van der Waals surface area contributed by atoms with Crippen molar-refractivity contribution >= 4 is 25.8 Å². The first-order chi connectivity index (χ1) is 17.4. The van der Waals surface area contributed by atoms with Crippen LogP contribution in [0.5, 0.6) is 11.5 Å². The molecule has 0 saturated heterocycles. The number of pyridine rings is 1. The molecule has 12 heteroatoms. The highest BCUT2D eigenvalue weighted by molar-refractivity contribution is 9.10. The fraction of sp³-hybridized carbons (Fsp3) is 0.320. The van der Waals surface area contributed by atoms with Crippen molar-refractivity contribution in [1.29, 1.82) is 0 Å². The number of aromatic nitrogens is 1. The number of methoxy groups -OCH3 is 1. The zero-order chi connectivity index (χ0) is 26.8. The van der Waals surface area contributed by atoms with E-state index in [1.165, 1.54) is 31.6 Å². The van der Waals surface area contributed by atoms with Gasteiger partial charge in [0, 0.05) is 4.47 Å². The Labute approximate surface area is 218 Å². The fourth-order valence-electron chi connectivity index (χ4n) is 5.76. The molecule has 5 rings (SSSR count). The molecule has 2 aromatic carbocycles. The predicted molar refractivity (Wildman–Crippen MR) is 130 cm³/mol. The smallest absolute Gasteiger partial charge is 0.402 e. The molecule has 2 N–H and O–H groups in total. The Hall–Kier alpha value is -2.67. The summed E-state index contributed by atoms with van der Waals surface area (Å²) in [6.07, 6.45) is -4.78. The molecule has 0 spiro atoms. The molecular weight excluding hydrogens is 579 g/mol. The monoisotopic (exact) mass is 599 g/mol. The molecule has 5 atom stereocenters. The van der Waals surface area contributed by atoms with Crippen LogP contribution in [0.1, 0.15) is 22.6 Å². The Kier molecular flexibility index (Phi) is 6.09. The minimum atomic E-state index is -5.10. The number of halogens is 4. The van der Waals surface area contributed by atoms with E-state index in [-0.39, 0.29) is 28.2 Å². The number of benzene rings is 2. The van der Waals surface area contributed by atoms with Crippen molar-refractivity contribution in [1.82, 2.24) is 4.98 Å². The number of sulfone groups is 1. The highest BCUT2D eigenvalue weighted by Crippen LogP contribution is 2.69. The van der Waals surface area contributed by atoms with E-state index in [1.807, 2.05) is 0 Å². The van der Waals surface area contributed by atoms with E-state index in [9.17, 15) is 31.8 Å². The summed E-state index contributed by atoms with van der Waals surface area (Å²) in [6, 6.07) is 14.3. The van der Waals surface area contributed by atoms with Gasteiger partial charge in [-0.2, -0.15) is 13.2 Å². The highest BCUT2D eigenvalue weighted by atomic mass is 79.9. The van der Waals surface area contributed by atoms with Crippen molar-refractivity contribution in [2.75, 3.05) is 12.9 Å². The maximum absolute atomic E-state index is 13.5. The molecule has 3 aromatic rings. The Morgan fingerprint density at radius 3 is 2.35 bits per heavy atom. The van der Waals surface area contributed by atoms with E-state index < -0.39 is 50.2 Å². The van der Waals surface area contributed by atoms with Crippen LogP contribution in [-0.4, -0.2) is 54.0 Å². The number of rotatable bonds is 5. The van der Waals surface area contributed by atoms with E-state index in [0.717, 1.165) is 0 Å². The van der Waals surface area contributed by atoms with Crippen LogP contribution in [0.4, 0.5) is 13.2 Å². The van der Waals surface area contributed by atoms with Gasteiger partial charge in [0.2, 0.25) is 0 Å². The molecule has 1 aliphatic heterocycles. The molecule has 37 heavy (non-hydrogen) atoms. The SMILES string of the molecule is COc1cncc2c1C1(O)C(O)C(S(=O)(=O)CC(F)(F)F)C(c3ccccc3)C1(c1ccc(Br)cc1)O2. The molecule has 5 unspecified atom stereocenters. The van der Waals surface area contributed by atoms with Crippen LogP contribution in [0, 0.1) is 0 Å². The van der Waals surface area contributed by atoms with Gasteiger partial charge in [-0.3, -0.25) is 4.98 Å². The van der Waals surface area contributed by atoms with E-state index in [4.69, 9.17) is 9.47 Å². The molecule has 0 radical (unpaired) electrons. The van der Waals surface area contributed by atoms with Gasteiger partial charge in [0.15, 0.2) is 21.0 Å². The average molecular weight is 600 g/mol. The molecule has 2 heterocycles. The summed E-state index contributed by atoms with van der Waals surface area (Å²) in [4.78, 5) is 4.05. The molecule has 0 amide bonds. The third-order valence-corrected chi connectivity index (χ3v) is 9.65. The molecule has 2 aliphatic rings. The van der Waals surface area contributed by atoms with E-state index >= 15 is 0 Å². The maximum Gasteiger partial charge on any atom is 0.402 e. The first-order valence-corrected chi connectivity index (χ1v) is 13.6. The van der Waals surface area contributed by atoms with Crippen LogP contribution in [0.3, 0.4) is 0 Å². The number of aliphatic hydroxyl groups excluding tert-OH is 1. The van der Waals surface area contributed by atoms with E-state index in [1.54, 1.807) is 42.5 Å². The Morgan fingerprint density at radius 2 is 1.76 bits per heavy atom. The quantitative estimate of drug-likeness (QED) is 0.459. The second kappa shape index (κ2) is 8.69. The highest BCUT2D eigenvalue weighted by Gasteiger charge is 2.79. The summed E-state index contributed by atoms with van der Waals surface area (Å²) in [6.45, 7) is 0. The third kappa shape index (κ3) is 3.76. The summed E-state index contributed by atoms with van der Waals surface area (Å²) in [5.41, 5.74) is -4.18. The molecular formula is C25H21BrF3NO6S. The van der Waals surface area contributed by atoms with Gasteiger partial charge in [-0.1, -0.05) is 58.4 Å². The fourth-order valence-corrected chi connectivity index (χ4v) is 8.02. The molecule has 1 aliphatic carbocycles. The minimum absolute atomic E-state index is 0.0106. The van der Waals surface area contributed by atoms with Crippen molar-refractivity contribution in [3.63, 3.8) is 0 Å². The average Bonchev–Trinajstić information content (AvgIpc) is 3.22. The molecule has 0 bridgehead atoms. The van der Waals surface area contributed by atoms with Gasteiger partial charge >= 0.3 is 6.18 Å². The summed E-state index contributed by atoms with van der Waals surface area (Å²) in [5.74, 6) is -3.65. The van der Waals surface area contributed by atoms with Gasteiger partial charge < -0.3 is 19.7 Å². The van der Waals surface area contributed by atoms with Gasteiger partial charge in [0.1, 0.15) is 28.6 Å². The molecule has 196 valence electrons. The van der Waals surface area contributed by atoms with Gasteiger partial charge in [-0.25, -0.2) is 8.42 Å². The van der Waals surface area contributed by atoms with Crippen molar-refractivity contribution in [3.8, 4) is 11.5 Å². The lowest BCUT2D eigenvalue weighted by Crippen LogP contribution is -2.52. The van der Waals surface area contributed by atoms with Crippen molar-refractivity contribution in [3.05, 3.63) is 88.2 Å². The normalized spacial score (nSPS) is 28.9. The lowest BCUT2D eigenvalue weighted by atomic mass is 9.71. The molecule has 1 fully saturated rings. The number of nitrogens with zero attached hydrogens (tertiary/aromatic N) is 1. The van der Waals surface area contributed by atoms with Crippen LogP contribution in [0.15, 0.2) is 71.5 Å². The zero-order valence-corrected chi connectivity index (χ0v) is 21.6. The van der Waals surface area contributed by atoms with Crippen molar-refractivity contribution in [2.45, 2.75) is 34.7 Å². The Morgan fingerprint density at radius 1 is 1.11 bits per heavy atom. The molecule has 1 saturated carbocycles. The minimum Gasteiger partial charge on any atom is -0.495 e. The van der Waals surface area contributed by atoms with Crippen LogP contribution in [0.2, 0.25) is 0 Å². The number of hydrogen-bond donors (Lipinski definition) is 2. The number of ether oxygens (including phenoxy) is 2. The number of aliphatic hydroxyl groups is 2. The van der Waals surface area contributed by atoms with Crippen LogP contribution in [-0.2, 0) is 21.0 Å². The largest absolute Gasteiger partial charge is 0.495 e. The summed E-state index contributed by atoms with van der Waals surface area (Å²) >= 11 is 3.33. The second-order valence-electron chi connectivity index (χ2n) is 9.05. The standard InChI is InChI=1S/C25H21BrF3NO6S/c1-35-17-11-30-12-18-20(17)24(32)22(31)21(37(33,34)13-23(27,28)29)19(14-5-3-2-4-6-14)25(24,36-18)15-7-9-16(26)10-8-15/h2-12,19,21-22,31-32H,13H2,1H3. The molecule has 7 nitrogen and oxygen atoms in total. The third-order valence-electron chi connectivity index (χ3n) is 7.03. The summed E-state index contributed by atoms with van der Waals surface area (Å²) < 4.78 is 79.7. The lowest BCUT2D eigenvalue weighted by molar-refractivity contribution is -0.149. The van der Waals surface area contributed by atoms with Crippen LogP contribution in [0.25, 0.3) is 0 Å². The summed E-state index contributed by atoms with van der Waals surface area (Å²) in [7, 11) is -3.82. The Bertz CT molecular complexity index is 1440. The second-order valence-corrected chi connectivity index (χ2v) is 12.1. The molecule has 1 aromatic heterocycles. The first kappa shape index (κ1) is 26.0. The van der Waals surface area contributed by atoms with Gasteiger partial charge in [-0.15, -0.1) is 0 Å².